The number of carbonyl (C=O) groups is 1. The first kappa shape index (κ1) is 15.6. The number of amides is 1. The Balaban J connectivity index is 2.69. The van der Waals surface area contributed by atoms with Gasteiger partial charge >= 0.3 is 6.36 Å². The van der Waals surface area contributed by atoms with Gasteiger partial charge in [0.15, 0.2) is 0 Å². The number of nitrogens with one attached hydrogen (secondary N) is 1. The van der Waals surface area contributed by atoms with Crippen molar-refractivity contribution in [3.63, 3.8) is 0 Å². The van der Waals surface area contributed by atoms with Gasteiger partial charge in [0.25, 0.3) is 0 Å². The molecule has 8 heteroatoms. The zero-order valence-electron chi connectivity index (χ0n) is 10.2. The standard InChI is InChI=1S/C11H12BrF3N2O2/c1-17(2)10(18)6-16-7-3-4-9(8(12)5-7)19-11(13,14)15/h3-5,16H,6H2,1-2H3. The molecule has 0 spiro atoms. The molecule has 1 rings (SSSR count). The molecule has 1 N–H and O–H groups in total. The van der Waals surface area contributed by atoms with E-state index in [9.17, 15) is 18.0 Å². The number of alkyl halides is 3. The predicted molar refractivity (Wildman–Crippen MR) is 68.0 cm³/mol. The molecule has 0 unspecified atom stereocenters. The summed E-state index contributed by atoms with van der Waals surface area (Å²) in [6, 6.07) is 3.97. The van der Waals surface area contributed by atoms with Crippen molar-refractivity contribution in [3.05, 3.63) is 22.7 Å². The van der Waals surface area contributed by atoms with Crippen LogP contribution in [-0.4, -0.2) is 37.8 Å². The number of rotatable bonds is 4. The van der Waals surface area contributed by atoms with Crippen LogP contribution in [0.4, 0.5) is 18.9 Å². The van der Waals surface area contributed by atoms with Crippen molar-refractivity contribution in [3.8, 4) is 5.75 Å². The summed E-state index contributed by atoms with van der Waals surface area (Å²) in [5.41, 5.74) is 0.511. The topological polar surface area (TPSA) is 41.6 Å². The maximum Gasteiger partial charge on any atom is 0.573 e. The molecule has 106 valence electrons. The van der Waals surface area contributed by atoms with E-state index < -0.39 is 6.36 Å². The summed E-state index contributed by atoms with van der Waals surface area (Å²) < 4.78 is 40.1. The van der Waals surface area contributed by atoms with Crippen LogP contribution < -0.4 is 10.1 Å². The van der Waals surface area contributed by atoms with Gasteiger partial charge in [0, 0.05) is 19.8 Å². The summed E-state index contributed by atoms with van der Waals surface area (Å²) in [5.74, 6) is -0.483. The van der Waals surface area contributed by atoms with Crippen LogP contribution >= 0.6 is 15.9 Å². The van der Waals surface area contributed by atoms with Crippen molar-refractivity contribution in [1.29, 1.82) is 0 Å². The molecule has 1 aromatic rings. The zero-order valence-corrected chi connectivity index (χ0v) is 11.8. The lowest BCUT2D eigenvalue weighted by atomic mass is 10.3. The third-order valence-corrected chi connectivity index (χ3v) is 2.72. The summed E-state index contributed by atoms with van der Waals surface area (Å²) in [5, 5.41) is 2.80. The van der Waals surface area contributed by atoms with Gasteiger partial charge in [0.1, 0.15) is 5.75 Å². The van der Waals surface area contributed by atoms with Gasteiger partial charge in [0.05, 0.1) is 11.0 Å². The second-order valence-corrected chi connectivity index (χ2v) is 4.69. The number of benzene rings is 1. The molecule has 0 aliphatic rings. The highest BCUT2D eigenvalue weighted by Crippen LogP contribution is 2.32. The van der Waals surface area contributed by atoms with E-state index in [0.29, 0.717) is 5.69 Å². The third-order valence-electron chi connectivity index (χ3n) is 2.10. The Morgan fingerprint density at radius 3 is 2.53 bits per heavy atom. The van der Waals surface area contributed by atoms with Gasteiger partial charge in [-0.1, -0.05) is 0 Å². The molecule has 1 amide bonds. The molecular formula is C11H12BrF3N2O2. The molecule has 0 bridgehead atoms. The molecule has 19 heavy (non-hydrogen) atoms. The number of hydrogen-bond acceptors (Lipinski definition) is 3. The van der Waals surface area contributed by atoms with Crippen LogP contribution in [0.3, 0.4) is 0 Å². The predicted octanol–water partition coefficient (Wildman–Crippen LogP) is 2.85. The van der Waals surface area contributed by atoms with Crippen molar-refractivity contribution < 1.29 is 22.7 Å². The highest BCUT2D eigenvalue weighted by atomic mass is 79.9. The Hall–Kier alpha value is -1.44. The zero-order chi connectivity index (χ0) is 14.6. The molecule has 1 aromatic carbocycles. The van der Waals surface area contributed by atoms with Crippen LogP contribution in [0.5, 0.6) is 5.75 Å². The van der Waals surface area contributed by atoms with Crippen molar-refractivity contribution in [1.82, 2.24) is 4.90 Å². The lowest BCUT2D eigenvalue weighted by molar-refractivity contribution is -0.274. The molecule has 0 saturated carbocycles. The van der Waals surface area contributed by atoms with Gasteiger partial charge in [-0.2, -0.15) is 0 Å². The molecule has 0 heterocycles. The summed E-state index contributed by atoms with van der Waals surface area (Å²) in [7, 11) is 3.22. The fourth-order valence-electron chi connectivity index (χ4n) is 1.15. The fraction of sp³-hybridized carbons (Fsp3) is 0.364. The van der Waals surface area contributed by atoms with Crippen molar-refractivity contribution >= 4 is 27.5 Å². The van der Waals surface area contributed by atoms with Crippen molar-refractivity contribution in [2.75, 3.05) is 26.0 Å². The van der Waals surface area contributed by atoms with Gasteiger partial charge in [-0.25, -0.2) is 0 Å². The Morgan fingerprint density at radius 1 is 1.42 bits per heavy atom. The van der Waals surface area contributed by atoms with E-state index in [2.05, 4.69) is 26.0 Å². The van der Waals surface area contributed by atoms with E-state index in [1.807, 2.05) is 0 Å². The molecule has 0 fully saturated rings. The maximum atomic E-state index is 12.1. The number of ether oxygens (including phenoxy) is 1. The molecule has 0 saturated heterocycles. The Kier molecular flexibility index (Phi) is 5.04. The fourth-order valence-corrected chi connectivity index (χ4v) is 1.61. The van der Waals surface area contributed by atoms with Crippen LogP contribution in [-0.2, 0) is 4.79 Å². The summed E-state index contributed by atoms with van der Waals surface area (Å²) >= 11 is 2.98. The van der Waals surface area contributed by atoms with Crippen LogP contribution in [0.2, 0.25) is 0 Å². The number of carbonyl (C=O) groups excluding carboxylic acids is 1. The number of nitrogens with zero attached hydrogens (tertiary/aromatic N) is 1. The van der Waals surface area contributed by atoms with Gasteiger partial charge in [-0.3, -0.25) is 4.79 Å². The lowest BCUT2D eigenvalue weighted by Gasteiger charge is -2.14. The Bertz CT molecular complexity index is 464. The SMILES string of the molecule is CN(C)C(=O)CNc1ccc(OC(F)(F)F)c(Br)c1. The second-order valence-electron chi connectivity index (χ2n) is 3.83. The molecule has 0 atom stereocenters. The Labute approximate surface area is 116 Å². The van der Waals surface area contributed by atoms with Crippen LogP contribution in [0.1, 0.15) is 0 Å². The van der Waals surface area contributed by atoms with E-state index in [1.165, 1.54) is 23.1 Å². The largest absolute Gasteiger partial charge is 0.573 e. The van der Waals surface area contributed by atoms with Gasteiger partial charge in [-0.15, -0.1) is 13.2 Å². The van der Waals surface area contributed by atoms with E-state index in [1.54, 1.807) is 14.1 Å². The van der Waals surface area contributed by atoms with Crippen LogP contribution in [0.25, 0.3) is 0 Å². The first-order chi connectivity index (χ1) is 8.69. The molecule has 0 aliphatic heterocycles. The van der Waals surface area contributed by atoms with Crippen LogP contribution in [0.15, 0.2) is 22.7 Å². The van der Waals surface area contributed by atoms with Crippen LogP contribution in [0, 0.1) is 0 Å². The Morgan fingerprint density at radius 2 is 2.05 bits per heavy atom. The first-order valence-corrected chi connectivity index (χ1v) is 5.97. The minimum atomic E-state index is -4.74. The van der Waals surface area contributed by atoms with E-state index >= 15 is 0 Å². The third kappa shape index (κ3) is 5.37. The summed E-state index contributed by atoms with van der Waals surface area (Å²) in [4.78, 5) is 12.7. The maximum absolute atomic E-state index is 12.1. The van der Waals surface area contributed by atoms with E-state index in [0.717, 1.165) is 0 Å². The number of likely N-dealkylation sites (N-methyl/N-ethyl adjacent to an activating group) is 1. The molecule has 4 nitrogen and oxygen atoms in total. The van der Waals surface area contributed by atoms with Crippen molar-refractivity contribution in [2.45, 2.75) is 6.36 Å². The highest BCUT2D eigenvalue weighted by Gasteiger charge is 2.31. The number of halogens is 4. The minimum absolute atomic E-state index is 0.0545. The quantitative estimate of drug-likeness (QED) is 0.916. The lowest BCUT2D eigenvalue weighted by Crippen LogP contribution is -2.28. The second kappa shape index (κ2) is 6.14. The minimum Gasteiger partial charge on any atom is -0.405 e. The first-order valence-electron chi connectivity index (χ1n) is 5.18. The molecular weight excluding hydrogens is 329 g/mol. The number of anilines is 1. The molecule has 0 aromatic heterocycles. The summed E-state index contributed by atoms with van der Waals surface area (Å²) in [6.07, 6.45) is -4.74. The normalized spacial score (nSPS) is 11.1. The molecule has 0 radical (unpaired) electrons. The molecule has 0 aliphatic carbocycles. The monoisotopic (exact) mass is 340 g/mol. The van der Waals surface area contributed by atoms with Gasteiger partial charge in [0.2, 0.25) is 5.91 Å². The van der Waals surface area contributed by atoms with Gasteiger partial charge < -0.3 is 15.0 Å². The highest BCUT2D eigenvalue weighted by molar-refractivity contribution is 9.10. The van der Waals surface area contributed by atoms with Gasteiger partial charge in [-0.05, 0) is 34.1 Å². The summed E-state index contributed by atoms with van der Waals surface area (Å²) in [6.45, 7) is 0.0545. The average Bonchev–Trinajstić information content (AvgIpc) is 2.27. The number of hydrogen-bond donors (Lipinski definition) is 1. The average molecular weight is 341 g/mol. The van der Waals surface area contributed by atoms with Crippen molar-refractivity contribution in [2.24, 2.45) is 0 Å². The van der Waals surface area contributed by atoms with E-state index in [4.69, 9.17) is 0 Å². The smallest absolute Gasteiger partial charge is 0.405 e. The van der Waals surface area contributed by atoms with E-state index in [-0.39, 0.29) is 22.7 Å².